The van der Waals surface area contributed by atoms with Gasteiger partial charge in [-0.3, -0.25) is 9.59 Å². The highest BCUT2D eigenvalue weighted by atomic mass is 79.9. The van der Waals surface area contributed by atoms with Crippen molar-refractivity contribution in [2.24, 2.45) is 5.73 Å². The number of carbonyl (C=O) groups excluding carboxylic acids is 2. The number of primary amides is 1. The van der Waals surface area contributed by atoms with E-state index in [1.807, 2.05) is 6.07 Å². The molecule has 0 aliphatic carbocycles. The second kappa shape index (κ2) is 5.99. The molecule has 1 aromatic carbocycles. The van der Waals surface area contributed by atoms with Crippen LogP contribution in [0.15, 0.2) is 46.3 Å². The zero-order chi connectivity index (χ0) is 13.8. The second-order valence-corrected chi connectivity index (χ2v) is 6.29. The Hall–Kier alpha value is -1.66. The minimum Gasteiger partial charge on any atom is -0.368 e. The molecule has 1 heterocycles. The molecule has 0 bridgehead atoms. The topological polar surface area (TPSA) is 72.2 Å². The van der Waals surface area contributed by atoms with Gasteiger partial charge in [0.2, 0.25) is 5.91 Å². The number of nitrogens with one attached hydrogen (secondary N) is 1. The Labute approximate surface area is 122 Å². The predicted octanol–water partition coefficient (Wildman–Crippen LogP) is 2.47. The van der Waals surface area contributed by atoms with Gasteiger partial charge < -0.3 is 11.1 Å². The normalized spacial score (nSPS) is 11.8. The van der Waals surface area contributed by atoms with E-state index in [9.17, 15) is 9.59 Å². The van der Waals surface area contributed by atoms with Crippen LogP contribution in [0.25, 0.3) is 0 Å². The van der Waals surface area contributed by atoms with Crippen LogP contribution in [0.2, 0.25) is 0 Å². The van der Waals surface area contributed by atoms with E-state index in [0.29, 0.717) is 10.4 Å². The van der Waals surface area contributed by atoms with Crippen molar-refractivity contribution in [3.05, 3.63) is 56.7 Å². The molecule has 1 unspecified atom stereocenters. The lowest BCUT2D eigenvalue weighted by molar-refractivity contribution is -0.120. The van der Waals surface area contributed by atoms with Crippen LogP contribution in [0, 0.1) is 0 Å². The highest BCUT2D eigenvalue weighted by Crippen LogP contribution is 2.23. The molecule has 6 heteroatoms. The van der Waals surface area contributed by atoms with Gasteiger partial charge >= 0.3 is 0 Å². The van der Waals surface area contributed by atoms with Crippen LogP contribution >= 0.6 is 27.3 Å². The summed E-state index contributed by atoms with van der Waals surface area (Å²) in [6.45, 7) is 0. The van der Waals surface area contributed by atoms with E-state index in [4.69, 9.17) is 5.73 Å². The van der Waals surface area contributed by atoms with Crippen LogP contribution in [0.4, 0.5) is 0 Å². The van der Waals surface area contributed by atoms with Crippen LogP contribution in [0.5, 0.6) is 0 Å². The quantitative estimate of drug-likeness (QED) is 0.898. The molecule has 0 radical (unpaired) electrons. The molecule has 0 aliphatic rings. The van der Waals surface area contributed by atoms with Crippen LogP contribution in [0.3, 0.4) is 0 Å². The van der Waals surface area contributed by atoms with Gasteiger partial charge in [-0.1, -0.05) is 30.3 Å². The Morgan fingerprint density at radius 2 is 1.84 bits per heavy atom. The van der Waals surface area contributed by atoms with Crippen molar-refractivity contribution in [1.29, 1.82) is 0 Å². The smallest absolute Gasteiger partial charge is 0.262 e. The fourth-order valence-corrected chi connectivity index (χ4v) is 2.89. The first-order valence-electron chi connectivity index (χ1n) is 5.48. The number of benzene rings is 1. The Morgan fingerprint density at radius 3 is 2.37 bits per heavy atom. The number of carbonyl (C=O) groups is 2. The Bertz CT molecular complexity index is 598. The summed E-state index contributed by atoms with van der Waals surface area (Å²) in [5.41, 5.74) is 6.01. The monoisotopic (exact) mass is 338 g/mol. The van der Waals surface area contributed by atoms with Gasteiger partial charge in [0.05, 0.1) is 8.66 Å². The number of amides is 2. The SMILES string of the molecule is NC(=O)C(NC(=O)c1ccc(Br)s1)c1ccccc1. The van der Waals surface area contributed by atoms with Crippen molar-refractivity contribution in [3.8, 4) is 0 Å². The molecule has 4 nitrogen and oxygen atoms in total. The van der Waals surface area contributed by atoms with Gasteiger partial charge in [0.15, 0.2) is 0 Å². The van der Waals surface area contributed by atoms with Gasteiger partial charge in [0, 0.05) is 0 Å². The van der Waals surface area contributed by atoms with Crippen molar-refractivity contribution in [2.45, 2.75) is 6.04 Å². The molecule has 0 fully saturated rings. The lowest BCUT2D eigenvalue weighted by Gasteiger charge is -2.15. The maximum atomic E-state index is 12.0. The first kappa shape index (κ1) is 13.8. The molecule has 2 rings (SSSR count). The maximum absolute atomic E-state index is 12.0. The molecule has 1 aromatic heterocycles. The third kappa shape index (κ3) is 3.42. The van der Waals surface area contributed by atoms with Gasteiger partial charge in [-0.15, -0.1) is 11.3 Å². The highest BCUT2D eigenvalue weighted by Gasteiger charge is 2.21. The Balaban J connectivity index is 2.18. The van der Waals surface area contributed by atoms with Crippen molar-refractivity contribution < 1.29 is 9.59 Å². The summed E-state index contributed by atoms with van der Waals surface area (Å²) in [4.78, 5) is 24.0. The van der Waals surface area contributed by atoms with E-state index >= 15 is 0 Å². The summed E-state index contributed by atoms with van der Waals surface area (Å²) >= 11 is 4.58. The first-order chi connectivity index (χ1) is 9.08. The van der Waals surface area contributed by atoms with Gasteiger partial charge in [0.25, 0.3) is 5.91 Å². The molecule has 2 amide bonds. The lowest BCUT2D eigenvalue weighted by atomic mass is 10.1. The molecule has 1 atom stereocenters. The fourth-order valence-electron chi connectivity index (χ4n) is 1.60. The van der Waals surface area contributed by atoms with Crippen molar-refractivity contribution in [2.75, 3.05) is 0 Å². The van der Waals surface area contributed by atoms with Crippen molar-refractivity contribution in [1.82, 2.24) is 5.32 Å². The average Bonchev–Trinajstić information content (AvgIpc) is 2.83. The molecular weight excluding hydrogens is 328 g/mol. The van der Waals surface area contributed by atoms with E-state index in [-0.39, 0.29) is 5.91 Å². The number of hydrogen-bond donors (Lipinski definition) is 2. The summed E-state index contributed by atoms with van der Waals surface area (Å²) in [6.07, 6.45) is 0. The second-order valence-electron chi connectivity index (χ2n) is 3.82. The minimum absolute atomic E-state index is 0.316. The third-order valence-corrected chi connectivity index (χ3v) is 4.11. The number of nitrogens with two attached hydrogens (primary N) is 1. The summed E-state index contributed by atoms with van der Waals surface area (Å²) in [7, 11) is 0. The van der Waals surface area contributed by atoms with E-state index in [1.54, 1.807) is 36.4 Å². The molecule has 0 spiro atoms. The summed E-state index contributed by atoms with van der Waals surface area (Å²) in [5.74, 6) is -0.904. The third-order valence-electron chi connectivity index (χ3n) is 2.49. The van der Waals surface area contributed by atoms with E-state index < -0.39 is 11.9 Å². The summed E-state index contributed by atoms with van der Waals surface area (Å²) in [5, 5.41) is 2.64. The van der Waals surface area contributed by atoms with Gasteiger partial charge in [-0.05, 0) is 33.6 Å². The summed E-state index contributed by atoms with van der Waals surface area (Å²) < 4.78 is 0.855. The molecule has 19 heavy (non-hydrogen) atoms. The van der Waals surface area contributed by atoms with Gasteiger partial charge in [0.1, 0.15) is 6.04 Å². The molecular formula is C13H11BrN2O2S. The van der Waals surface area contributed by atoms with Crippen molar-refractivity contribution in [3.63, 3.8) is 0 Å². The fraction of sp³-hybridized carbons (Fsp3) is 0.0769. The predicted molar refractivity (Wildman–Crippen MR) is 77.9 cm³/mol. The molecule has 3 N–H and O–H groups in total. The minimum atomic E-state index is -0.824. The molecule has 0 saturated heterocycles. The number of halogens is 1. The van der Waals surface area contributed by atoms with Crippen LogP contribution in [-0.2, 0) is 4.79 Å². The van der Waals surface area contributed by atoms with E-state index in [1.165, 1.54) is 11.3 Å². The summed E-state index contributed by atoms with van der Waals surface area (Å²) in [6, 6.07) is 11.6. The highest BCUT2D eigenvalue weighted by molar-refractivity contribution is 9.11. The van der Waals surface area contributed by atoms with E-state index in [0.717, 1.165) is 3.79 Å². The lowest BCUT2D eigenvalue weighted by Crippen LogP contribution is -2.37. The molecule has 0 saturated carbocycles. The molecule has 0 aliphatic heterocycles. The largest absolute Gasteiger partial charge is 0.368 e. The number of thiophene rings is 1. The molecule has 98 valence electrons. The maximum Gasteiger partial charge on any atom is 0.262 e. The Kier molecular flexibility index (Phi) is 4.34. The number of rotatable bonds is 4. The standard InChI is InChI=1S/C13H11BrN2O2S/c14-10-7-6-9(19-10)13(18)16-11(12(15)17)8-4-2-1-3-5-8/h1-7,11H,(H2,15,17)(H,16,18). The zero-order valence-corrected chi connectivity index (χ0v) is 12.2. The Morgan fingerprint density at radius 1 is 1.16 bits per heavy atom. The van der Waals surface area contributed by atoms with E-state index in [2.05, 4.69) is 21.2 Å². The van der Waals surface area contributed by atoms with Crippen LogP contribution in [0.1, 0.15) is 21.3 Å². The average molecular weight is 339 g/mol. The zero-order valence-electron chi connectivity index (χ0n) is 9.80. The first-order valence-corrected chi connectivity index (χ1v) is 7.09. The number of hydrogen-bond acceptors (Lipinski definition) is 3. The molecule has 2 aromatic rings. The van der Waals surface area contributed by atoms with Crippen LogP contribution in [-0.4, -0.2) is 11.8 Å². The van der Waals surface area contributed by atoms with Gasteiger partial charge in [-0.2, -0.15) is 0 Å². The van der Waals surface area contributed by atoms with Crippen molar-refractivity contribution >= 4 is 39.1 Å². The van der Waals surface area contributed by atoms with Gasteiger partial charge in [-0.25, -0.2) is 0 Å². The van der Waals surface area contributed by atoms with Crippen LogP contribution < -0.4 is 11.1 Å².